The van der Waals surface area contributed by atoms with Gasteiger partial charge in [0.25, 0.3) is 0 Å². The third-order valence-electron chi connectivity index (χ3n) is 3.67. The Balaban J connectivity index is 2.16. The molecule has 1 aliphatic heterocycles. The molecule has 0 aromatic heterocycles. The lowest BCUT2D eigenvalue weighted by molar-refractivity contribution is -0.148. The minimum atomic E-state index is -1.08. The summed E-state index contributed by atoms with van der Waals surface area (Å²) in [7, 11) is 1.26. The maximum absolute atomic E-state index is 12.1. The molecule has 118 valence electrons. The largest absolute Gasteiger partial charge is 0.480 e. The second-order valence-corrected chi connectivity index (χ2v) is 6.07. The van der Waals surface area contributed by atoms with Crippen molar-refractivity contribution in [2.45, 2.75) is 18.9 Å². The zero-order valence-electron chi connectivity index (χ0n) is 12.0. The molecule has 1 heterocycles. The zero-order chi connectivity index (χ0) is 16.3. The van der Waals surface area contributed by atoms with Crippen molar-refractivity contribution >= 4 is 33.8 Å². The van der Waals surface area contributed by atoms with Crippen LogP contribution in [0.5, 0.6) is 0 Å². The van der Waals surface area contributed by atoms with Gasteiger partial charge in [-0.25, -0.2) is 4.79 Å². The molecule has 0 bridgehead atoms. The van der Waals surface area contributed by atoms with Crippen LogP contribution in [0.4, 0.5) is 0 Å². The first-order chi connectivity index (χ1) is 10.4. The Morgan fingerprint density at radius 2 is 2.23 bits per heavy atom. The van der Waals surface area contributed by atoms with Gasteiger partial charge in [0, 0.05) is 23.9 Å². The summed E-state index contributed by atoms with van der Waals surface area (Å²) < 4.78 is 5.48. The number of aliphatic carboxylic acids is 1. The van der Waals surface area contributed by atoms with Crippen molar-refractivity contribution in [2.75, 3.05) is 13.7 Å². The predicted octanol–water partition coefficient (Wildman–Crippen LogP) is 1.47. The summed E-state index contributed by atoms with van der Waals surface area (Å²) in [4.78, 5) is 36.4. The van der Waals surface area contributed by atoms with Crippen LogP contribution in [0, 0.1) is 5.92 Å². The normalized spacial score (nSPS) is 19.1. The highest BCUT2D eigenvalue weighted by Crippen LogP contribution is 2.24. The molecule has 6 nitrogen and oxygen atoms in total. The van der Waals surface area contributed by atoms with E-state index in [1.54, 1.807) is 12.1 Å². The van der Waals surface area contributed by atoms with E-state index in [-0.39, 0.29) is 25.3 Å². The number of ether oxygens (including phenoxy) is 1. The van der Waals surface area contributed by atoms with Crippen molar-refractivity contribution in [3.8, 4) is 0 Å². The summed E-state index contributed by atoms with van der Waals surface area (Å²) in [6.07, 6.45) is 0.184. The van der Waals surface area contributed by atoms with Gasteiger partial charge in [0.15, 0.2) is 0 Å². The number of nitrogens with zero attached hydrogens (tertiary/aromatic N) is 1. The summed E-state index contributed by atoms with van der Waals surface area (Å²) in [6.45, 7) is 0.0798. The summed E-state index contributed by atoms with van der Waals surface area (Å²) in [5.74, 6) is -2.50. The number of rotatable bonds is 5. The number of hydrogen-bond acceptors (Lipinski definition) is 4. The molecule has 1 aromatic rings. The summed E-state index contributed by atoms with van der Waals surface area (Å²) in [5.41, 5.74) is 0.802. The topological polar surface area (TPSA) is 83.9 Å². The number of amides is 1. The molecule has 1 N–H and O–H groups in total. The lowest BCUT2D eigenvalue weighted by Gasteiger charge is -2.24. The van der Waals surface area contributed by atoms with E-state index in [1.165, 1.54) is 12.0 Å². The van der Waals surface area contributed by atoms with Crippen molar-refractivity contribution in [1.29, 1.82) is 0 Å². The van der Waals surface area contributed by atoms with E-state index in [2.05, 4.69) is 20.7 Å². The van der Waals surface area contributed by atoms with E-state index in [0.717, 1.165) is 10.0 Å². The number of halogens is 1. The first kappa shape index (κ1) is 16.5. The number of likely N-dealkylation sites (tertiary alicyclic amines) is 1. The highest BCUT2D eigenvalue weighted by molar-refractivity contribution is 9.10. The van der Waals surface area contributed by atoms with Crippen LogP contribution in [0.1, 0.15) is 12.0 Å². The molecular formula is C15H16BrNO5. The fourth-order valence-corrected chi connectivity index (χ4v) is 3.02. The number of carbonyl (C=O) groups excluding carboxylic acids is 2. The Labute approximate surface area is 136 Å². The van der Waals surface area contributed by atoms with E-state index in [0.29, 0.717) is 0 Å². The number of benzene rings is 1. The highest BCUT2D eigenvalue weighted by atomic mass is 79.9. The molecular weight excluding hydrogens is 354 g/mol. The zero-order valence-corrected chi connectivity index (χ0v) is 13.6. The summed E-state index contributed by atoms with van der Waals surface area (Å²) >= 11 is 3.33. The van der Waals surface area contributed by atoms with Gasteiger partial charge in [-0.3, -0.25) is 9.59 Å². The Morgan fingerprint density at radius 3 is 2.82 bits per heavy atom. The van der Waals surface area contributed by atoms with Crippen LogP contribution in [0.3, 0.4) is 0 Å². The van der Waals surface area contributed by atoms with Crippen LogP contribution >= 0.6 is 15.9 Å². The van der Waals surface area contributed by atoms with Gasteiger partial charge in [-0.05, 0) is 17.7 Å². The Morgan fingerprint density at radius 1 is 1.50 bits per heavy atom. The van der Waals surface area contributed by atoms with Crippen LogP contribution in [-0.2, 0) is 25.5 Å². The van der Waals surface area contributed by atoms with Crippen LogP contribution in [0.2, 0.25) is 0 Å². The average Bonchev–Trinajstić information content (AvgIpc) is 2.85. The van der Waals surface area contributed by atoms with Crippen molar-refractivity contribution in [3.63, 3.8) is 0 Å². The van der Waals surface area contributed by atoms with Crippen molar-refractivity contribution < 1.29 is 24.2 Å². The monoisotopic (exact) mass is 369 g/mol. The predicted molar refractivity (Wildman–Crippen MR) is 81.1 cm³/mol. The quantitative estimate of drug-likeness (QED) is 0.794. The first-order valence-electron chi connectivity index (χ1n) is 6.77. The molecule has 1 aliphatic rings. The molecule has 2 rings (SSSR count). The third-order valence-corrected chi connectivity index (χ3v) is 4.17. The fraction of sp³-hybridized carbons (Fsp3) is 0.400. The molecule has 22 heavy (non-hydrogen) atoms. The van der Waals surface area contributed by atoms with Crippen molar-refractivity contribution in [2.24, 2.45) is 5.92 Å². The molecule has 1 fully saturated rings. The second-order valence-electron chi connectivity index (χ2n) is 5.16. The van der Waals surface area contributed by atoms with E-state index >= 15 is 0 Å². The van der Waals surface area contributed by atoms with Gasteiger partial charge in [-0.15, -0.1) is 0 Å². The fourth-order valence-electron chi connectivity index (χ4n) is 2.58. The van der Waals surface area contributed by atoms with Crippen LogP contribution in [-0.4, -0.2) is 47.5 Å². The van der Waals surface area contributed by atoms with Crippen molar-refractivity contribution in [3.05, 3.63) is 34.3 Å². The summed E-state index contributed by atoms with van der Waals surface area (Å²) in [5, 5.41) is 9.44. The van der Waals surface area contributed by atoms with Gasteiger partial charge in [-0.1, -0.05) is 28.1 Å². The van der Waals surface area contributed by atoms with Gasteiger partial charge in [0.2, 0.25) is 5.91 Å². The molecule has 0 spiro atoms. The molecule has 1 unspecified atom stereocenters. The SMILES string of the molecule is COC(=O)C1CC(=O)N([C@@H](Cc2cccc(Br)c2)C(=O)O)C1. The van der Waals surface area contributed by atoms with Gasteiger partial charge < -0.3 is 14.7 Å². The van der Waals surface area contributed by atoms with Crippen LogP contribution in [0.15, 0.2) is 28.7 Å². The number of methoxy groups -OCH3 is 1. The summed E-state index contributed by atoms with van der Waals surface area (Å²) in [6, 6.07) is 6.28. The molecule has 1 amide bonds. The van der Waals surface area contributed by atoms with E-state index in [9.17, 15) is 19.5 Å². The number of esters is 1. The molecule has 0 radical (unpaired) electrons. The average molecular weight is 370 g/mol. The molecule has 1 saturated heterocycles. The molecule has 0 aliphatic carbocycles. The van der Waals surface area contributed by atoms with Crippen LogP contribution in [0.25, 0.3) is 0 Å². The minimum absolute atomic E-state index is 0.00502. The molecule has 2 atom stereocenters. The minimum Gasteiger partial charge on any atom is -0.480 e. The molecule has 1 aromatic carbocycles. The molecule has 0 saturated carbocycles. The number of carboxylic acid groups (broad SMARTS) is 1. The number of hydrogen-bond donors (Lipinski definition) is 1. The smallest absolute Gasteiger partial charge is 0.326 e. The van der Waals surface area contributed by atoms with E-state index in [1.807, 2.05) is 12.1 Å². The lowest BCUT2D eigenvalue weighted by Crippen LogP contribution is -2.44. The molecule has 7 heteroatoms. The first-order valence-corrected chi connectivity index (χ1v) is 7.56. The second kappa shape index (κ2) is 6.91. The lowest BCUT2D eigenvalue weighted by atomic mass is 10.0. The standard InChI is InChI=1S/C15H16BrNO5/c1-22-15(21)10-7-13(18)17(8-10)12(14(19)20)6-9-3-2-4-11(16)5-9/h2-5,10,12H,6-8H2,1H3,(H,19,20)/t10?,12-/m0/s1. The Kier molecular flexibility index (Phi) is 5.18. The van der Waals surface area contributed by atoms with Gasteiger partial charge >= 0.3 is 11.9 Å². The maximum atomic E-state index is 12.1. The maximum Gasteiger partial charge on any atom is 0.326 e. The van der Waals surface area contributed by atoms with E-state index in [4.69, 9.17) is 0 Å². The van der Waals surface area contributed by atoms with Gasteiger partial charge in [0.1, 0.15) is 6.04 Å². The van der Waals surface area contributed by atoms with Gasteiger partial charge in [-0.2, -0.15) is 0 Å². The number of carboxylic acids is 1. The van der Waals surface area contributed by atoms with Crippen LogP contribution < -0.4 is 0 Å². The number of carbonyl (C=O) groups is 3. The van der Waals surface area contributed by atoms with Crippen molar-refractivity contribution in [1.82, 2.24) is 4.90 Å². The third kappa shape index (κ3) is 3.65. The van der Waals surface area contributed by atoms with Gasteiger partial charge in [0.05, 0.1) is 13.0 Å². The van der Waals surface area contributed by atoms with E-state index < -0.39 is 23.9 Å². The highest BCUT2D eigenvalue weighted by Gasteiger charge is 2.41. The Hall–Kier alpha value is -1.89. The Bertz CT molecular complexity index is 603.